The fourth-order valence-corrected chi connectivity index (χ4v) is 0.572. The SMILES string of the molecule is CCCCO[P+](=O)O. The van der Waals surface area contributed by atoms with Gasteiger partial charge >= 0.3 is 8.25 Å². The lowest BCUT2D eigenvalue weighted by Gasteiger charge is -1.83. The van der Waals surface area contributed by atoms with Gasteiger partial charge in [0.25, 0.3) is 0 Å². The van der Waals surface area contributed by atoms with Crippen LogP contribution in [0.15, 0.2) is 0 Å². The Bertz CT molecular complexity index is 73.7. The van der Waals surface area contributed by atoms with Gasteiger partial charge in [-0.2, -0.15) is 0 Å². The summed E-state index contributed by atoms with van der Waals surface area (Å²) in [5, 5.41) is 0. The Labute approximate surface area is 49.6 Å². The van der Waals surface area contributed by atoms with Crippen LogP contribution in [0.2, 0.25) is 0 Å². The zero-order chi connectivity index (χ0) is 6.41. The van der Waals surface area contributed by atoms with Gasteiger partial charge in [0, 0.05) is 4.57 Å². The number of hydrogen-bond acceptors (Lipinski definition) is 2. The van der Waals surface area contributed by atoms with E-state index >= 15 is 0 Å². The van der Waals surface area contributed by atoms with Crippen LogP contribution in [0.5, 0.6) is 0 Å². The van der Waals surface area contributed by atoms with Gasteiger partial charge in [-0.25, -0.2) is 0 Å². The van der Waals surface area contributed by atoms with Gasteiger partial charge in [-0.1, -0.05) is 13.3 Å². The molecule has 48 valence electrons. The number of hydrogen-bond donors (Lipinski definition) is 1. The molecule has 1 N–H and O–H groups in total. The molecule has 0 heterocycles. The second-order valence-corrected chi connectivity index (χ2v) is 2.16. The van der Waals surface area contributed by atoms with Crippen molar-refractivity contribution in [2.45, 2.75) is 19.8 Å². The quantitative estimate of drug-likeness (QED) is 0.471. The molecule has 1 unspecified atom stereocenters. The summed E-state index contributed by atoms with van der Waals surface area (Å²) in [6, 6.07) is 0. The van der Waals surface area contributed by atoms with E-state index in [1.807, 2.05) is 6.92 Å². The third-order valence-electron chi connectivity index (χ3n) is 0.700. The van der Waals surface area contributed by atoms with E-state index in [9.17, 15) is 4.57 Å². The monoisotopic (exact) mass is 137 g/mol. The van der Waals surface area contributed by atoms with Crippen molar-refractivity contribution in [1.29, 1.82) is 0 Å². The third-order valence-corrected chi connectivity index (χ3v) is 1.10. The van der Waals surface area contributed by atoms with Crippen molar-refractivity contribution in [3.63, 3.8) is 0 Å². The van der Waals surface area contributed by atoms with Crippen LogP contribution in [0, 0.1) is 0 Å². The first-order chi connectivity index (χ1) is 3.77. The molecule has 0 aromatic heterocycles. The molecule has 0 fully saturated rings. The Balaban J connectivity index is 2.82. The van der Waals surface area contributed by atoms with Crippen LogP contribution < -0.4 is 0 Å². The summed E-state index contributed by atoms with van der Waals surface area (Å²) in [5.74, 6) is 0. The maximum Gasteiger partial charge on any atom is 0.694 e. The Morgan fingerprint density at radius 2 is 2.38 bits per heavy atom. The highest BCUT2D eigenvalue weighted by Gasteiger charge is 2.08. The van der Waals surface area contributed by atoms with Gasteiger partial charge in [0.15, 0.2) is 0 Å². The smallest absolute Gasteiger partial charge is 0.133 e. The predicted molar refractivity (Wildman–Crippen MR) is 30.7 cm³/mol. The van der Waals surface area contributed by atoms with Crippen LogP contribution in [0.4, 0.5) is 0 Å². The van der Waals surface area contributed by atoms with Crippen molar-refractivity contribution in [1.82, 2.24) is 0 Å². The van der Waals surface area contributed by atoms with Crippen molar-refractivity contribution in [3.05, 3.63) is 0 Å². The molecule has 4 heteroatoms. The molecule has 0 radical (unpaired) electrons. The van der Waals surface area contributed by atoms with E-state index < -0.39 is 8.25 Å². The minimum atomic E-state index is -2.36. The van der Waals surface area contributed by atoms with E-state index in [1.165, 1.54) is 0 Å². The van der Waals surface area contributed by atoms with Gasteiger partial charge < -0.3 is 0 Å². The van der Waals surface area contributed by atoms with Crippen LogP contribution in [-0.2, 0) is 9.09 Å². The molecular weight excluding hydrogens is 127 g/mol. The van der Waals surface area contributed by atoms with Gasteiger partial charge in [0.1, 0.15) is 6.61 Å². The van der Waals surface area contributed by atoms with E-state index in [0.717, 1.165) is 12.8 Å². The van der Waals surface area contributed by atoms with E-state index in [0.29, 0.717) is 6.61 Å². The molecule has 1 atom stereocenters. The lowest BCUT2D eigenvalue weighted by atomic mass is 10.4. The molecule has 3 nitrogen and oxygen atoms in total. The molecule has 0 aromatic carbocycles. The molecule has 0 aromatic rings. The fourth-order valence-electron chi connectivity index (χ4n) is 0.287. The Morgan fingerprint density at radius 1 is 1.75 bits per heavy atom. The molecule has 8 heavy (non-hydrogen) atoms. The largest absolute Gasteiger partial charge is 0.694 e. The van der Waals surface area contributed by atoms with E-state index in [-0.39, 0.29) is 0 Å². The Morgan fingerprint density at radius 3 is 2.75 bits per heavy atom. The normalized spacial score (nSPS) is 11.5. The topological polar surface area (TPSA) is 46.5 Å². The molecule has 0 amide bonds. The fraction of sp³-hybridized carbons (Fsp3) is 1.00. The average molecular weight is 137 g/mol. The highest BCUT2D eigenvalue weighted by molar-refractivity contribution is 7.32. The van der Waals surface area contributed by atoms with Crippen molar-refractivity contribution < 1.29 is 14.0 Å². The van der Waals surface area contributed by atoms with Gasteiger partial charge in [0.05, 0.1) is 0 Å². The molecule has 0 bridgehead atoms. The number of unbranched alkanes of at least 4 members (excludes halogenated alkanes) is 1. The molecule has 0 rings (SSSR count). The summed E-state index contributed by atoms with van der Waals surface area (Å²) in [7, 11) is -2.36. The van der Waals surface area contributed by atoms with Crippen LogP contribution in [0.3, 0.4) is 0 Å². The number of rotatable bonds is 4. The summed E-state index contributed by atoms with van der Waals surface area (Å²) in [6.45, 7) is 2.38. The summed E-state index contributed by atoms with van der Waals surface area (Å²) >= 11 is 0. The first kappa shape index (κ1) is 8.02. The van der Waals surface area contributed by atoms with Crippen LogP contribution in [-0.4, -0.2) is 11.5 Å². The summed E-state index contributed by atoms with van der Waals surface area (Å²) in [5.41, 5.74) is 0. The van der Waals surface area contributed by atoms with Crippen molar-refractivity contribution >= 4 is 8.25 Å². The first-order valence-electron chi connectivity index (χ1n) is 2.56. The highest BCUT2D eigenvalue weighted by Crippen LogP contribution is 2.14. The van der Waals surface area contributed by atoms with Gasteiger partial charge in [-0.05, 0) is 6.42 Å². The van der Waals surface area contributed by atoms with Crippen LogP contribution >= 0.6 is 8.25 Å². The molecule has 0 saturated heterocycles. The second-order valence-electron chi connectivity index (χ2n) is 1.42. The summed E-state index contributed by atoms with van der Waals surface area (Å²) < 4.78 is 14.1. The molecule has 0 aliphatic heterocycles. The minimum Gasteiger partial charge on any atom is -0.133 e. The van der Waals surface area contributed by atoms with E-state index in [4.69, 9.17) is 4.89 Å². The van der Waals surface area contributed by atoms with Crippen molar-refractivity contribution in [2.24, 2.45) is 0 Å². The van der Waals surface area contributed by atoms with Gasteiger partial charge in [-0.3, -0.25) is 0 Å². The third kappa shape index (κ3) is 6.02. The highest BCUT2D eigenvalue weighted by atomic mass is 31.1. The lowest BCUT2D eigenvalue weighted by Crippen LogP contribution is -1.82. The zero-order valence-corrected chi connectivity index (χ0v) is 5.73. The predicted octanol–water partition coefficient (Wildman–Crippen LogP) is 1.45. The van der Waals surface area contributed by atoms with Crippen molar-refractivity contribution in [3.8, 4) is 0 Å². The van der Waals surface area contributed by atoms with Crippen LogP contribution in [0.25, 0.3) is 0 Å². The standard InChI is InChI=1S/C4H9O3P/c1-2-3-4-7-8(5)6/h2-4H2,1H3/p+1. The van der Waals surface area contributed by atoms with Crippen molar-refractivity contribution in [2.75, 3.05) is 6.61 Å². The second kappa shape index (κ2) is 5.16. The summed E-state index contributed by atoms with van der Waals surface area (Å²) in [4.78, 5) is 8.07. The summed E-state index contributed by atoms with van der Waals surface area (Å²) in [6.07, 6.45) is 1.84. The molecule has 0 aliphatic rings. The molecule has 0 aliphatic carbocycles. The Kier molecular flexibility index (Phi) is 5.18. The minimum absolute atomic E-state index is 0.391. The van der Waals surface area contributed by atoms with E-state index in [2.05, 4.69) is 4.52 Å². The van der Waals surface area contributed by atoms with Gasteiger partial charge in [-0.15, -0.1) is 9.42 Å². The maximum absolute atomic E-state index is 9.80. The zero-order valence-electron chi connectivity index (χ0n) is 4.83. The lowest BCUT2D eigenvalue weighted by molar-refractivity contribution is 0.276. The average Bonchev–Trinajstić information content (AvgIpc) is 1.66. The first-order valence-corrected chi connectivity index (χ1v) is 3.69. The van der Waals surface area contributed by atoms with Crippen LogP contribution in [0.1, 0.15) is 19.8 Å². The molecule has 0 spiro atoms. The maximum atomic E-state index is 9.80. The Hall–Kier alpha value is 0.0200. The molecule has 0 saturated carbocycles. The molecular formula is C4H10O3P+. The van der Waals surface area contributed by atoms with Gasteiger partial charge in [0.2, 0.25) is 0 Å². The van der Waals surface area contributed by atoms with E-state index in [1.54, 1.807) is 0 Å².